The van der Waals surface area contributed by atoms with Crippen LogP contribution >= 0.6 is 37.9 Å². The predicted octanol–water partition coefficient (Wildman–Crippen LogP) is 6.44. The molecule has 0 unspecified atom stereocenters. The van der Waals surface area contributed by atoms with Gasteiger partial charge in [0, 0.05) is 0 Å². The molecule has 0 aliphatic carbocycles. The molecule has 0 spiro atoms. The van der Waals surface area contributed by atoms with E-state index in [-0.39, 0.29) is 0 Å². The molecule has 0 heterocycles. The second-order valence-corrected chi connectivity index (χ2v) is 17.7. The van der Waals surface area contributed by atoms with Gasteiger partial charge in [0.25, 0.3) is 0 Å². The Morgan fingerprint density at radius 3 is 1.44 bits per heavy atom. The number of alkyl halides is 1. The van der Waals surface area contributed by atoms with Crippen molar-refractivity contribution in [1.82, 2.24) is 0 Å². The van der Waals surface area contributed by atoms with Crippen LogP contribution in [0, 0.1) is 0 Å². The van der Waals surface area contributed by atoms with Crippen LogP contribution in [0.25, 0.3) is 0 Å². The van der Waals surface area contributed by atoms with E-state index < -0.39 is 4.25 Å². The first-order valence-electron chi connectivity index (χ1n) is 9.31. The van der Waals surface area contributed by atoms with E-state index in [2.05, 4.69) is 125 Å². The number of unbranched alkanes of at least 4 members (excludes halogenated alkanes) is 1. The van der Waals surface area contributed by atoms with Gasteiger partial charge in [0.1, 0.15) is 0 Å². The number of hydrogen-bond acceptors (Lipinski definition) is 0. The van der Waals surface area contributed by atoms with E-state index in [4.69, 9.17) is 11.6 Å². The van der Waals surface area contributed by atoms with Crippen LogP contribution in [0.2, 0.25) is 0 Å². The molecule has 0 N–H and O–H groups in total. The summed E-state index contributed by atoms with van der Waals surface area (Å²) in [7, 11) is 0. The van der Waals surface area contributed by atoms with Gasteiger partial charge in [0.15, 0.2) is 0 Å². The van der Waals surface area contributed by atoms with Crippen molar-refractivity contribution in [3.63, 3.8) is 0 Å². The van der Waals surface area contributed by atoms with Crippen LogP contribution in [0.4, 0.5) is 0 Å². The summed E-state index contributed by atoms with van der Waals surface area (Å²) < 4.78 is -2.64. The second-order valence-electron chi connectivity index (χ2n) is 6.67. The Balaban J connectivity index is 2.24. The van der Waals surface area contributed by atoms with Gasteiger partial charge in [-0.25, -0.2) is 0 Å². The molecule has 3 aromatic carbocycles. The van der Waals surface area contributed by atoms with Crippen LogP contribution in [0.5, 0.6) is 0 Å². The molecule has 0 amide bonds. The molecule has 0 fully saturated rings. The van der Waals surface area contributed by atoms with Gasteiger partial charge >= 0.3 is 182 Å². The summed E-state index contributed by atoms with van der Waals surface area (Å²) in [5, 5.41) is 4.26. The molecule has 0 aromatic heterocycles. The third-order valence-electron chi connectivity index (χ3n) is 5.00. The average molecular weight is 507 g/mol. The van der Waals surface area contributed by atoms with Gasteiger partial charge in [-0.1, -0.05) is 0 Å². The number of hydrogen-bond donors (Lipinski definition) is 0. The Kier molecular flexibility index (Phi) is 7.14. The molecule has 3 aromatic rings. The van der Waals surface area contributed by atoms with Crippen LogP contribution in [-0.2, 0) is 0 Å². The molecule has 0 radical (unpaired) electrons. The number of rotatable bonds is 8. The Labute approximate surface area is 181 Å². The Morgan fingerprint density at radius 2 is 1.07 bits per heavy atom. The second kappa shape index (κ2) is 9.37. The Bertz CT molecular complexity index is 763. The van der Waals surface area contributed by atoms with E-state index in [1.165, 1.54) is 15.9 Å². The Hall–Kier alpha value is -1.15. The minimum absolute atomic E-state index is 0.716. The molecule has 0 saturated heterocycles. The monoisotopic (exact) mass is 506 g/mol. The maximum absolute atomic E-state index is 5.86. The van der Waals surface area contributed by atoms with Crippen LogP contribution in [-0.4, -0.2) is 12.0 Å². The Morgan fingerprint density at radius 1 is 0.667 bits per heavy atom. The fraction of sp³-hybridized carbons (Fsp3) is 0.167. The zero-order chi connectivity index (χ0) is 19.0. The van der Waals surface area contributed by atoms with E-state index >= 15 is 0 Å². The zero-order valence-corrected chi connectivity index (χ0v) is 19.2. The van der Waals surface area contributed by atoms with E-state index in [0.717, 1.165) is 19.0 Å². The molecule has 3 rings (SSSR count). The summed E-state index contributed by atoms with van der Waals surface area (Å²) in [5.74, 6) is 0.716. The quantitative estimate of drug-likeness (QED) is 0.108. The van der Waals surface area contributed by atoms with Gasteiger partial charge in [-0.15, -0.1) is 0 Å². The van der Waals surface area contributed by atoms with Crippen LogP contribution in [0.3, 0.4) is 0 Å². The summed E-state index contributed by atoms with van der Waals surface area (Å²) in [6, 6.07) is 33.1. The van der Waals surface area contributed by atoms with Crippen molar-refractivity contribution in [2.45, 2.75) is 12.8 Å². The molecular weight excluding hydrogens is 482 g/mol. The van der Waals surface area contributed by atoms with Crippen molar-refractivity contribution >= 4 is 53.8 Å². The summed E-state index contributed by atoms with van der Waals surface area (Å²) in [4.78, 5) is 0. The first-order valence-corrected chi connectivity index (χ1v) is 15.0. The van der Waals surface area contributed by atoms with Crippen molar-refractivity contribution in [2.75, 3.05) is 12.0 Å². The van der Waals surface area contributed by atoms with Crippen molar-refractivity contribution in [1.29, 1.82) is 0 Å². The fourth-order valence-electron chi connectivity index (χ4n) is 3.57. The molecular formula is C24H25ClIP. The van der Waals surface area contributed by atoms with E-state index in [9.17, 15) is 0 Å². The molecule has 0 saturated carbocycles. The summed E-state index contributed by atoms with van der Waals surface area (Å²) in [5.41, 5.74) is 0. The summed E-state index contributed by atoms with van der Waals surface area (Å²) in [6.07, 6.45) is 7.75. The van der Waals surface area contributed by atoms with Gasteiger partial charge in [-0.2, -0.15) is 0 Å². The SMILES string of the molecule is ClCCCC=CCP(I)(c1ccccc1)(c1ccccc1)c1ccccc1. The molecule has 140 valence electrons. The number of benzene rings is 3. The number of allylic oxidation sites excluding steroid dienone is 2. The first-order chi connectivity index (χ1) is 13.2. The zero-order valence-electron chi connectivity index (χ0n) is 15.3. The normalized spacial score (nSPS) is 13.3. The predicted molar refractivity (Wildman–Crippen MR) is 133 cm³/mol. The van der Waals surface area contributed by atoms with Gasteiger partial charge in [-0.3, -0.25) is 0 Å². The molecule has 0 atom stereocenters. The van der Waals surface area contributed by atoms with E-state index in [1.54, 1.807) is 0 Å². The minimum atomic E-state index is -2.64. The molecule has 3 heteroatoms. The standard InChI is InChI=1S/C24H25ClIP/c25-20-12-1-2-13-21-27(26,22-14-6-3-7-15-22,23-16-8-4-9-17-23)24-18-10-5-11-19-24/h2-11,13-19H,1,12,20-21H2. The van der Waals surface area contributed by atoms with E-state index in [1.807, 2.05) is 0 Å². The third-order valence-corrected chi connectivity index (χ3v) is 16.5. The molecule has 0 aliphatic rings. The van der Waals surface area contributed by atoms with Crippen molar-refractivity contribution in [3.05, 3.63) is 103 Å². The van der Waals surface area contributed by atoms with Gasteiger partial charge < -0.3 is 0 Å². The summed E-state index contributed by atoms with van der Waals surface area (Å²) in [6.45, 7) is 0. The van der Waals surface area contributed by atoms with Crippen molar-refractivity contribution in [3.8, 4) is 0 Å². The summed E-state index contributed by atoms with van der Waals surface area (Å²) >= 11 is 8.68. The van der Waals surface area contributed by atoms with Gasteiger partial charge in [0.05, 0.1) is 0 Å². The number of halogens is 2. The topological polar surface area (TPSA) is 0 Å². The average Bonchev–Trinajstić information content (AvgIpc) is 2.75. The maximum atomic E-state index is 5.86. The van der Waals surface area contributed by atoms with Crippen molar-refractivity contribution in [2.24, 2.45) is 0 Å². The van der Waals surface area contributed by atoms with Gasteiger partial charge in [-0.05, 0) is 0 Å². The van der Waals surface area contributed by atoms with Crippen LogP contribution in [0.1, 0.15) is 12.8 Å². The van der Waals surface area contributed by atoms with Crippen LogP contribution in [0.15, 0.2) is 103 Å². The molecule has 0 bridgehead atoms. The molecule has 27 heavy (non-hydrogen) atoms. The fourth-order valence-corrected chi connectivity index (χ4v) is 11.7. The first kappa shape index (κ1) is 20.6. The van der Waals surface area contributed by atoms with Crippen molar-refractivity contribution < 1.29 is 0 Å². The van der Waals surface area contributed by atoms with Gasteiger partial charge in [0.2, 0.25) is 0 Å². The molecule has 0 aliphatic heterocycles. The molecule has 0 nitrogen and oxygen atoms in total. The van der Waals surface area contributed by atoms with E-state index in [0.29, 0.717) is 5.88 Å². The van der Waals surface area contributed by atoms with Crippen LogP contribution < -0.4 is 15.9 Å². The third kappa shape index (κ3) is 4.16.